The van der Waals surface area contributed by atoms with Crippen LogP contribution >= 0.6 is 0 Å². The summed E-state index contributed by atoms with van der Waals surface area (Å²) in [6.07, 6.45) is 0.862. The van der Waals surface area contributed by atoms with Crippen LogP contribution in [0, 0.1) is 5.92 Å². The monoisotopic (exact) mass is 216 g/mol. The molecule has 2 N–H and O–H groups in total. The zero-order valence-corrected chi connectivity index (χ0v) is 10.5. The fourth-order valence-corrected chi connectivity index (χ4v) is 1.72. The van der Waals surface area contributed by atoms with E-state index in [1.54, 1.807) is 0 Å². The molecule has 90 valence electrons. The number of hydrogen-bond acceptors (Lipinski definition) is 4. The summed E-state index contributed by atoms with van der Waals surface area (Å²) in [6, 6.07) is 0. The Labute approximate surface area is 92.8 Å². The molecule has 0 fully saturated rings. The third-order valence-electron chi connectivity index (χ3n) is 3.29. The van der Waals surface area contributed by atoms with Gasteiger partial charge in [-0.05, 0) is 34.4 Å². The minimum atomic E-state index is -0.266. The van der Waals surface area contributed by atoms with Crippen LogP contribution in [0.25, 0.3) is 0 Å². The Morgan fingerprint density at radius 1 is 1.47 bits per heavy atom. The van der Waals surface area contributed by atoms with Crippen LogP contribution in [0.3, 0.4) is 0 Å². The summed E-state index contributed by atoms with van der Waals surface area (Å²) in [7, 11) is 3.93. The summed E-state index contributed by atoms with van der Waals surface area (Å²) in [5.74, 6) is -0.463. The van der Waals surface area contributed by atoms with Crippen LogP contribution in [0.1, 0.15) is 27.2 Å². The minimum Gasteiger partial charge on any atom is -0.466 e. The summed E-state index contributed by atoms with van der Waals surface area (Å²) in [5.41, 5.74) is 5.44. The Bertz CT molecular complexity index is 207. The van der Waals surface area contributed by atoms with Crippen LogP contribution < -0.4 is 5.73 Å². The fourth-order valence-electron chi connectivity index (χ4n) is 1.72. The average Bonchev–Trinajstić information content (AvgIpc) is 2.18. The lowest BCUT2D eigenvalue weighted by Gasteiger charge is -2.40. The lowest BCUT2D eigenvalue weighted by atomic mass is 9.82. The van der Waals surface area contributed by atoms with Crippen molar-refractivity contribution in [3.8, 4) is 0 Å². The minimum absolute atomic E-state index is 0.196. The molecule has 0 aliphatic rings. The van der Waals surface area contributed by atoms with Gasteiger partial charge < -0.3 is 15.4 Å². The van der Waals surface area contributed by atoms with Gasteiger partial charge in [0.1, 0.15) is 0 Å². The van der Waals surface area contributed by atoms with Gasteiger partial charge in [-0.3, -0.25) is 4.79 Å². The largest absolute Gasteiger partial charge is 0.466 e. The van der Waals surface area contributed by atoms with Crippen LogP contribution in [0.2, 0.25) is 0 Å². The van der Waals surface area contributed by atoms with E-state index in [4.69, 9.17) is 10.5 Å². The average molecular weight is 216 g/mol. The summed E-state index contributed by atoms with van der Waals surface area (Å²) in [5, 5.41) is 0. The normalized spacial score (nSPS) is 17.3. The molecule has 0 radical (unpaired) electrons. The molecule has 15 heavy (non-hydrogen) atoms. The maximum absolute atomic E-state index is 11.8. The molecule has 0 aromatic rings. The molecule has 4 nitrogen and oxygen atoms in total. The van der Waals surface area contributed by atoms with Crippen molar-refractivity contribution in [1.82, 2.24) is 4.90 Å². The first-order chi connectivity index (χ1) is 6.93. The highest BCUT2D eigenvalue weighted by Gasteiger charge is 2.39. The molecule has 0 bridgehead atoms. The highest BCUT2D eigenvalue weighted by Crippen LogP contribution is 2.26. The van der Waals surface area contributed by atoms with Gasteiger partial charge in [-0.1, -0.05) is 6.92 Å². The van der Waals surface area contributed by atoms with E-state index in [1.807, 2.05) is 32.8 Å². The zero-order chi connectivity index (χ0) is 12.1. The van der Waals surface area contributed by atoms with E-state index in [9.17, 15) is 4.79 Å². The van der Waals surface area contributed by atoms with E-state index in [0.29, 0.717) is 13.2 Å². The maximum atomic E-state index is 11.8. The van der Waals surface area contributed by atoms with Gasteiger partial charge in [-0.2, -0.15) is 0 Å². The lowest BCUT2D eigenvalue weighted by molar-refractivity contribution is -0.152. The molecule has 0 aromatic carbocycles. The molecule has 0 aromatic heterocycles. The fraction of sp³-hybridized carbons (Fsp3) is 0.909. The predicted octanol–water partition coefficient (Wildman–Crippen LogP) is 0.855. The summed E-state index contributed by atoms with van der Waals surface area (Å²) in [6.45, 7) is 6.64. The van der Waals surface area contributed by atoms with Crippen LogP contribution in [0.15, 0.2) is 0 Å². The van der Waals surface area contributed by atoms with E-state index >= 15 is 0 Å². The quantitative estimate of drug-likeness (QED) is 0.669. The van der Waals surface area contributed by atoms with Gasteiger partial charge >= 0.3 is 5.97 Å². The van der Waals surface area contributed by atoms with E-state index in [2.05, 4.69) is 6.92 Å². The molecule has 0 spiro atoms. The number of nitrogens with zero attached hydrogens (tertiary/aromatic N) is 1. The Kier molecular flexibility index (Phi) is 5.83. The van der Waals surface area contributed by atoms with Crippen molar-refractivity contribution < 1.29 is 9.53 Å². The lowest BCUT2D eigenvalue weighted by Crippen LogP contribution is -2.53. The second-order valence-corrected chi connectivity index (χ2v) is 4.15. The summed E-state index contributed by atoms with van der Waals surface area (Å²) in [4.78, 5) is 13.8. The Morgan fingerprint density at radius 2 is 2.00 bits per heavy atom. The molecule has 0 saturated carbocycles. The van der Waals surface area contributed by atoms with Crippen LogP contribution in [-0.4, -0.2) is 43.7 Å². The highest BCUT2D eigenvalue weighted by molar-refractivity contribution is 5.74. The first kappa shape index (κ1) is 14.4. The van der Waals surface area contributed by atoms with E-state index in [-0.39, 0.29) is 17.4 Å². The van der Waals surface area contributed by atoms with Crippen molar-refractivity contribution in [2.45, 2.75) is 32.7 Å². The van der Waals surface area contributed by atoms with Gasteiger partial charge in [0.15, 0.2) is 0 Å². The van der Waals surface area contributed by atoms with Crippen molar-refractivity contribution in [2.75, 3.05) is 27.2 Å². The Hall–Kier alpha value is -0.610. The molecule has 2 atom stereocenters. The molecule has 0 amide bonds. The first-order valence-corrected chi connectivity index (χ1v) is 5.48. The highest BCUT2D eigenvalue weighted by atomic mass is 16.5. The van der Waals surface area contributed by atoms with Crippen molar-refractivity contribution in [2.24, 2.45) is 11.7 Å². The zero-order valence-electron chi connectivity index (χ0n) is 10.5. The summed E-state index contributed by atoms with van der Waals surface area (Å²) >= 11 is 0. The molecule has 0 aliphatic heterocycles. The van der Waals surface area contributed by atoms with Crippen molar-refractivity contribution in [3.63, 3.8) is 0 Å². The van der Waals surface area contributed by atoms with Gasteiger partial charge in [0, 0.05) is 12.1 Å². The number of ether oxygens (including phenoxy) is 1. The van der Waals surface area contributed by atoms with Crippen LogP contribution in [0.5, 0.6) is 0 Å². The number of rotatable bonds is 6. The smallest absolute Gasteiger partial charge is 0.312 e. The van der Waals surface area contributed by atoms with Gasteiger partial charge in [-0.25, -0.2) is 0 Å². The van der Waals surface area contributed by atoms with E-state index < -0.39 is 0 Å². The Balaban J connectivity index is 4.83. The third-order valence-corrected chi connectivity index (χ3v) is 3.29. The number of carbonyl (C=O) groups excluding carboxylic acids is 1. The number of esters is 1. The predicted molar refractivity (Wildman–Crippen MR) is 61.6 cm³/mol. The molecule has 0 heterocycles. The van der Waals surface area contributed by atoms with Gasteiger partial charge in [0.05, 0.1) is 12.5 Å². The molecular weight excluding hydrogens is 192 g/mol. The van der Waals surface area contributed by atoms with Crippen molar-refractivity contribution in [1.29, 1.82) is 0 Å². The van der Waals surface area contributed by atoms with Gasteiger partial charge in [0.2, 0.25) is 0 Å². The number of carbonyl (C=O) groups is 1. The number of hydrogen-bond donors (Lipinski definition) is 1. The second-order valence-electron chi connectivity index (χ2n) is 4.15. The summed E-state index contributed by atoms with van der Waals surface area (Å²) < 4.78 is 5.05. The molecule has 0 rings (SSSR count). The third kappa shape index (κ3) is 3.18. The molecule has 0 aliphatic carbocycles. The van der Waals surface area contributed by atoms with E-state index in [1.165, 1.54) is 0 Å². The molecular formula is C11H24N2O2. The molecule has 0 unspecified atom stereocenters. The van der Waals surface area contributed by atoms with Crippen molar-refractivity contribution in [3.05, 3.63) is 0 Å². The van der Waals surface area contributed by atoms with Gasteiger partial charge in [-0.15, -0.1) is 0 Å². The maximum Gasteiger partial charge on any atom is 0.312 e. The molecule has 0 saturated heterocycles. The first-order valence-electron chi connectivity index (χ1n) is 5.48. The van der Waals surface area contributed by atoms with Gasteiger partial charge in [0.25, 0.3) is 0 Å². The molecule has 4 heteroatoms. The number of nitrogens with two attached hydrogens (primary N) is 1. The topological polar surface area (TPSA) is 55.6 Å². The van der Waals surface area contributed by atoms with Crippen LogP contribution in [0.4, 0.5) is 0 Å². The van der Waals surface area contributed by atoms with E-state index in [0.717, 1.165) is 6.42 Å². The standard InChI is InChI=1S/C11H24N2O2/c1-6-11(3,13(4)5)9(8-12)10(14)15-7-2/h9H,6-8,12H2,1-5H3/t9-,11-/m0/s1. The van der Waals surface area contributed by atoms with Crippen molar-refractivity contribution >= 4 is 5.97 Å². The van der Waals surface area contributed by atoms with Crippen LogP contribution in [-0.2, 0) is 9.53 Å². The SMILES string of the molecule is CCOC(=O)[C@H](CN)[C@](C)(CC)N(C)C. The Morgan fingerprint density at radius 3 is 2.27 bits per heavy atom. The second kappa shape index (κ2) is 6.08.